The van der Waals surface area contributed by atoms with E-state index >= 15 is 0 Å². The van der Waals surface area contributed by atoms with E-state index in [0.29, 0.717) is 6.04 Å². The second kappa shape index (κ2) is 4.09. The third kappa shape index (κ3) is 1.74. The third-order valence-corrected chi connectivity index (χ3v) is 2.89. The fourth-order valence-corrected chi connectivity index (χ4v) is 2.00. The number of nitrogens with zero attached hydrogens (tertiary/aromatic N) is 3. The summed E-state index contributed by atoms with van der Waals surface area (Å²) in [5.74, 6) is 0.909. The van der Waals surface area contributed by atoms with E-state index in [1.165, 1.54) is 0 Å². The van der Waals surface area contributed by atoms with Crippen molar-refractivity contribution in [2.45, 2.75) is 18.9 Å². The molecule has 2 aromatic heterocycles. The number of aromatic nitrogens is 3. The third-order valence-electron chi connectivity index (χ3n) is 2.89. The molecule has 0 aliphatic carbocycles. The Hall–Kier alpha value is -1.62. The second-order valence-corrected chi connectivity index (χ2v) is 3.97. The zero-order valence-corrected chi connectivity index (χ0v) is 8.97. The van der Waals surface area contributed by atoms with Crippen molar-refractivity contribution >= 4 is 11.3 Å². The van der Waals surface area contributed by atoms with Crippen LogP contribution in [0.3, 0.4) is 0 Å². The van der Waals surface area contributed by atoms with Gasteiger partial charge in [-0.2, -0.15) is 5.10 Å². The summed E-state index contributed by atoms with van der Waals surface area (Å²) >= 11 is 0. The maximum atomic E-state index is 5.33. The van der Waals surface area contributed by atoms with Crippen molar-refractivity contribution in [1.29, 1.82) is 0 Å². The lowest BCUT2D eigenvalue weighted by Gasteiger charge is -2.23. The van der Waals surface area contributed by atoms with Crippen molar-refractivity contribution in [2.75, 3.05) is 18.5 Å². The van der Waals surface area contributed by atoms with Gasteiger partial charge in [-0.05, 0) is 18.9 Å². The Balaban J connectivity index is 1.85. The van der Waals surface area contributed by atoms with Gasteiger partial charge in [-0.3, -0.25) is 0 Å². The van der Waals surface area contributed by atoms with Crippen LogP contribution in [0.15, 0.2) is 24.7 Å². The number of ether oxygens (including phenoxy) is 1. The minimum absolute atomic E-state index is 0.461. The van der Waals surface area contributed by atoms with Gasteiger partial charge in [0.05, 0.1) is 6.20 Å². The first kappa shape index (κ1) is 9.59. The molecule has 5 nitrogen and oxygen atoms in total. The van der Waals surface area contributed by atoms with E-state index in [2.05, 4.69) is 15.4 Å². The van der Waals surface area contributed by atoms with Gasteiger partial charge < -0.3 is 10.1 Å². The van der Waals surface area contributed by atoms with E-state index in [1.54, 1.807) is 12.4 Å². The van der Waals surface area contributed by atoms with Gasteiger partial charge in [-0.1, -0.05) is 0 Å². The Labute approximate surface area is 93.4 Å². The molecule has 84 valence electrons. The second-order valence-electron chi connectivity index (χ2n) is 3.97. The fourth-order valence-electron chi connectivity index (χ4n) is 2.00. The summed E-state index contributed by atoms with van der Waals surface area (Å²) in [5, 5.41) is 7.64. The lowest BCUT2D eigenvalue weighted by Crippen LogP contribution is -2.28. The van der Waals surface area contributed by atoms with Crippen LogP contribution in [-0.2, 0) is 4.74 Å². The van der Waals surface area contributed by atoms with Gasteiger partial charge in [-0.25, -0.2) is 9.50 Å². The molecule has 3 heterocycles. The number of anilines is 1. The van der Waals surface area contributed by atoms with E-state index in [1.807, 2.05) is 16.8 Å². The topological polar surface area (TPSA) is 51.5 Å². The molecule has 0 unspecified atom stereocenters. The number of nitrogens with one attached hydrogen (secondary N) is 1. The SMILES string of the molecule is c1cn2nccc2c(NC2CCOCC2)n1. The highest BCUT2D eigenvalue weighted by Crippen LogP contribution is 2.17. The molecule has 1 N–H and O–H groups in total. The van der Waals surface area contributed by atoms with Crippen LogP contribution < -0.4 is 5.32 Å². The standard InChI is InChI=1S/C11H14N4O/c1-4-13-15-6-5-12-11(10(1)15)14-9-2-7-16-8-3-9/h1,4-6,9H,2-3,7-8H2,(H,12,14). The van der Waals surface area contributed by atoms with Crippen molar-refractivity contribution in [3.63, 3.8) is 0 Å². The van der Waals surface area contributed by atoms with Crippen LogP contribution in [0.5, 0.6) is 0 Å². The van der Waals surface area contributed by atoms with Gasteiger partial charge in [0, 0.05) is 31.6 Å². The molecule has 5 heteroatoms. The smallest absolute Gasteiger partial charge is 0.152 e. The van der Waals surface area contributed by atoms with Gasteiger partial charge in [-0.15, -0.1) is 0 Å². The first-order valence-electron chi connectivity index (χ1n) is 5.56. The highest BCUT2D eigenvalue weighted by molar-refractivity contribution is 5.67. The van der Waals surface area contributed by atoms with Gasteiger partial charge in [0.2, 0.25) is 0 Å². The number of fused-ring (bicyclic) bond motifs is 1. The van der Waals surface area contributed by atoms with E-state index in [-0.39, 0.29) is 0 Å². The first-order valence-corrected chi connectivity index (χ1v) is 5.56. The van der Waals surface area contributed by atoms with Crippen LogP contribution >= 0.6 is 0 Å². The first-order chi connectivity index (χ1) is 7.93. The van der Waals surface area contributed by atoms with Gasteiger partial charge in [0.1, 0.15) is 5.52 Å². The average molecular weight is 218 g/mol. The molecule has 1 saturated heterocycles. The molecular formula is C11H14N4O. The van der Waals surface area contributed by atoms with Crippen molar-refractivity contribution in [1.82, 2.24) is 14.6 Å². The van der Waals surface area contributed by atoms with E-state index in [9.17, 15) is 0 Å². The molecule has 0 radical (unpaired) electrons. The van der Waals surface area contributed by atoms with Gasteiger partial charge >= 0.3 is 0 Å². The Morgan fingerprint density at radius 2 is 2.19 bits per heavy atom. The van der Waals surface area contributed by atoms with Crippen LogP contribution in [0.25, 0.3) is 5.52 Å². The quantitative estimate of drug-likeness (QED) is 0.826. The highest BCUT2D eigenvalue weighted by atomic mass is 16.5. The Morgan fingerprint density at radius 1 is 1.31 bits per heavy atom. The molecule has 0 saturated carbocycles. The van der Waals surface area contributed by atoms with Crippen molar-refractivity contribution in [3.05, 3.63) is 24.7 Å². The molecule has 1 aliphatic heterocycles. The van der Waals surface area contributed by atoms with Gasteiger partial charge in [0.15, 0.2) is 5.82 Å². The molecular weight excluding hydrogens is 204 g/mol. The Kier molecular flexibility index (Phi) is 2.46. The number of hydrogen-bond donors (Lipinski definition) is 1. The molecule has 16 heavy (non-hydrogen) atoms. The summed E-state index contributed by atoms with van der Waals surface area (Å²) in [4.78, 5) is 4.36. The molecule has 0 amide bonds. The minimum atomic E-state index is 0.461. The molecule has 0 aromatic carbocycles. The summed E-state index contributed by atoms with van der Waals surface area (Å²) in [6.07, 6.45) is 7.48. The zero-order valence-electron chi connectivity index (χ0n) is 8.97. The van der Waals surface area contributed by atoms with Crippen LogP contribution in [0.4, 0.5) is 5.82 Å². The molecule has 1 aliphatic rings. The molecule has 0 spiro atoms. The van der Waals surface area contributed by atoms with E-state index < -0.39 is 0 Å². The molecule has 3 rings (SSSR count). The summed E-state index contributed by atoms with van der Waals surface area (Å²) in [6, 6.07) is 2.43. The summed E-state index contributed by atoms with van der Waals surface area (Å²) in [6.45, 7) is 1.67. The van der Waals surface area contributed by atoms with Crippen molar-refractivity contribution in [2.24, 2.45) is 0 Å². The summed E-state index contributed by atoms with van der Waals surface area (Å²) in [7, 11) is 0. The molecule has 2 aromatic rings. The predicted molar refractivity (Wildman–Crippen MR) is 60.5 cm³/mol. The predicted octanol–water partition coefficient (Wildman–Crippen LogP) is 1.32. The number of hydrogen-bond acceptors (Lipinski definition) is 4. The fraction of sp³-hybridized carbons (Fsp3) is 0.455. The van der Waals surface area contributed by atoms with Crippen LogP contribution in [0.2, 0.25) is 0 Å². The van der Waals surface area contributed by atoms with E-state index in [4.69, 9.17) is 4.74 Å². The molecule has 0 bridgehead atoms. The largest absolute Gasteiger partial charge is 0.381 e. The average Bonchev–Trinajstić information content (AvgIpc) is 2.80. The lowest BCUT2D eigenvalue weighted by molar-refractivity contribution is 0.0904. The highest BCUT2D eigenvalue weighted by Gasteiger charge is 2.15. The Morgan fingerprint density at radius 3 is 3.06 bits per heavy atom. The number of rotatable bonds is 2. The van der Waals surface area contributed by atoms with Crippen molar-refractivity contribution < 1.29 is 4.74 Å². The minimum Gasteiger partial charge on any atom is -0.381 e. The summed E-state index contributed by atoms with van der Waals surface area (Å²) in [5.41, 5.74) is 1.02. The maximum Gasteiger partial charge on any atom is 0.152 e. The molecule has 1 fully saturated rings. The van der Waals surface area contributed by atoms with Crippen molar-refractivity contribution in [3.8, 4) is 0 Å². The zero-order chi connectivity index (χ0) is 10.8. The monoisotopic (exact) mass is 218 g/mol. The Bertz CT molecular complexity index is 476. The maximum absolute atomic E-state index is 5.33. The normalized spacial score (nSPS) is 17.8. The van der Waals surface area contributed by atoms with Crippen LogP contribution in [0.1, 0.15) is 12.8 Å². The molecule has 0 atom stereocenters. The lowest BCUT2D eigenvalue weighted by atomic mass is 10.1. The van der Waals surface area contributed by atoms with Crippen LogP contribution in [-0.4, -0.2) is 33.9 Å². The van der Waals surface area contributed by atoms with Gasteiger partial charge in [0.25, 0.3) is 0 Å². The summed E-state index contributed by atoms with van der Waals surface area (Å²) < 4.78 is 7.16. The van der Waals surface area contributed by atoms with E-state index in [0.717, 1.165) is 37.4 Å². The van der Waals surface area contributed by atoms with Crippen LogP contribution in [0, 0.1) is 0 Å².